The Morgan fingerprint density at radius 3 is 2.90 bits per heavy atom. The maximum atomic E-state index is 4.78. The Balaban J connectivity index is 1.92. The summed E-state index contributed by atoms with van der Waals surface area (Å²) in [5, 5.41) is 8.34. The van der Waals surface area contributed by atoms with Gasteiger partial charge >= 0.3 is 0 Å². The van der Waals surface area contributed by atoms with E-state index in [1.54, 1.807) is 0 Å². The molecule has 1 atom stereocenters. The molecule has 1 fully saturated rings. The molecular weight excluding hydrogens is 326 g/mol. The molecule has 1 aromatic carbocycles. The van der Waals surface area contributed by atoms with Gasteiger partial charge in [-0.2, -0.15) is 5.10 Å². The van der Waals surface area contributed by atoms with Crippen LogP contribution in [0.1, 0.15) is 56.3 Å². The highest BCUT2D eigenvalue weighted by molar-refractivity contribution is 9.10. The van der Waals surface area contributed by atoms with Crippen molar-refractivity contribution < 1.29 is 0 Å². The predicted octanol–water partition coefficient (Wildman–Crippen LogP) is 4.57. The molecule has 3 rings (SSSR count). The molecule has 0 radical (unpaired) electrons. The van der Waals surface area contributed by atoms with E-state index in [4.69, 9.17) is 5.10 Å². The van der Waals surface area contributed by atoms with Crippen LogP contribution in [0.3, 0.4) is 0 Å². The van der Waals surface area contributed by atoms with Crippen LogP contribution in [0.2, 0.25) is 0 Å². The van der Waals surface area contributed by atoms with E-state index in [2.05, 4.69) is 65.6 Å². The quantitative estimate of drug-likeness (QED) is 0.829. The Morgan fingerprint density at radius 1 is 1.38 bits per heavy atom. The third-order valence-corrected chi connectivity index (χ3v) is 4.50. The van der Waals surface area contributed by atoms with Crippen LogP contribution in [0.25, 0.3) is 5.69 Å². The first-order valence-corrected chi connectivity index (χ1v) is 8.57. The first-order valence-electron chi connectivity index (χ1n) is 7.77. The van der Waals surface area contributed by atoms with Gasteiger partial charge in [0.15, 0.2) is 0 Å². The average Bonchev–Trinajstić information content (AvgIpc) is 3.22. The smallest absolute Gasteiger partial charge is 0.0704 e. The molecule has 1 N–H and O–H groups in total. The Bertz CT molecular complexity index is 616. The zero-order valence-corrected chi connectivity index (χ0v) is 14.2. The summed E-state index contributed by atoms with van der Waals surface area (Å²) in [6.45, 7) is 5.44. The largest absolute Gasteiger partial charge is 0.310 e. The van der Waals surface area contributed by atoms with E-state index in [0.717, 1.165) is 23.1 Å². The van der Waals surface area contributed by atoms with E-state index in [-0.39, 0.29) is 0 Å². The third kappa shape index (κ3) is 3.38. The van der Waals surface area contributed by atoms with Gasteiger partial charge in [0.1, 0.15) is 0 Å². The van der Waals surface area contributed by atoms with E-state index in [1.165, 1.54) is 24.1 Å². The van der Waals surface area contributed by atoms with Crippen molar-refractivity contribution in [3.05, 3.63) is 46.2 Å². The second-order valence-electron chi connectivity index (χ2n) is 5.84. The molecule has 0 spiro atoms. The zero-order valence-electron chi connectivity index (χ0n) is 12.6. The van der Waals surface area contributed by atoms with Gasteiger partial charge in [-0.25, -0.2) is 4.68 Å². The third-order valence-electron chi connectivity index (χ3n) is 4.01. The molecular formula is C17H22BrN3. The molecule has 4 heteroatoms. The fourth-order valence-electron chi connectivity index (χ4n) is 2.62. The summed E-state index contributed by atoms with van der Waals surface area (Å²) < 4.78 is 3.12. The molecule has 0 amide bonds. The normalized spacial score (nSPS) is 16.1. The van der Waals surface area contributed by atoms with Gasteiger partial charge in [0.25, 0.3) is 0 Å². The molecule has 0 aliphatic heterocycles. The SMILES string of the molecule is CCCNC(C)c1ccc(Br)cc1-n1ccc(C2CC2)n1. The summed E-state index contributed by atoms with van der Waals surface area (Å²) in [5.41, 5.74) is 3.68. The van der Waals surface area contributed by atoms with E-state index in [0.29, 0.717) is 12.0 Å². The molecule has 1 aliphatic rings. The van der Waals surface area contributed by atoms with Gasteiger partial charge in [0.2, 0.25) is 0 Å². The topological polar surface area (TPSA) is 29.9 Å². The fraction of sp³-hybridized carbons (Fsp3) is 0.471. The number of hydrogen-bond donors (Lipinski definition) is 1. The van der Waals surface area contributed by atoms with Gasteiger partial charge < -0.3 is 5.32 Å². The van der Waals surface area contributed by atoms with Crippen LogP contribution >= 0.6 is 15.9 Å². The lowest BCUT2D eigenvalue weighted by Crippen LogP contribution is -2.20. The Kier molecular flexibility index (Phi) is 4.45. The number of hydrogen-bond acceptors (Lipinski definition) is 2. The average molecular weight is 348 g/mol. The monoisotopic (exact) mass is 347 g/mol. The van der Waals surface area contributed by atoms with Crippen LogP contribution in [0.15, 0.2) is 34.9 Å². The van der Waals surface area contributed by atoms with Gasteiger partial charge in [-0.3, -0.25) is 0 Å². The van der Waals surface area contributed by atoms with Crippen molar-refractivity contribution in [2.75, 3.05) is 6.54 Å². The Morgan fingerprint density at radius 2 is 2.19 bits per heavy atom. The number of halogens is 1. The van der Waals surface area contributed by atoms with E-state index < -0.39 is 0 Å². The van der Waals surface area contributed by atoms with Crippen molar-refractivity contribution in [3.8, 4) is 5.69 Å². The first-order chi connectivity index (χ1) is 10.2. The number of aromatic nitrogens is 2. The molecule has 1 aliphatic carbocycles. The summed E-state index contributed by atoms with van der Waals surface area (Å²) in [4.78, 5) is 0. The maximum absolute atomic E-state index is 4.78. The van der Waals surface area contributed by atoms with E-state index >= 15 is 0 Å². The second-order valence-corrected chi connectivity index (χ2v) is 6.75. The first kappa shape index (κ1) is 14.8. The van der Waals surface area contributed by atoms with Crippen molar-refractivity contribution in [1.29, 1.82) is 0 Å². The molecule has 1 saturated carbocycles. The minimum Gasteiger partial charge on any atom is -0.310 e. The highest BCUT2D eigenvalue weighted by Gasteiger charge is 2.26. The standard InChI is InChI=1S/C17H22BrN3/c1-3-9-19-12(2)15-7-6-14(18)11-17(15)21-10-8-16(20-21)13-4-5-13/h6-8,10-13,19H,3-5,9H2,1-2H3. The van der Waals surface area contributed by atoms with Gasteiger partial charge in [-0.1, -0.05) is 28.9 Å². The van der Waals surface area contributed by atoms with Crippen molar-refractivity contribution >= 4 is 15.9 Å². The zero-order chi connectivity index (χ0) is 14.8. The predicted molar refractivity (Wildman–Crippen MR) is 89.9 cm³/mol. The Hall–Kier alpha value is -1.13. The Labute approximate surface area is 134 Å². The molecule has 1 aromatic heterocycles. The molecule has 0 saturated heterocycles. The van der Waals surface area contributed by atoms with Crippen molar-refractivity contribution in [2.24, 2.45) is 0 Å². The molecule has 3 nitrogen and oxygen atoms in total. The lowest BCUT2D eigenvalue weighted by atomic mass is 10.1. The van der Waals surface area contributed by atoms with Crippen molar-refractivity contribution in [2.45, 2.75) is 45.1 Å². The lowest BCUT2D eigenvalue weighted by molar-refractivity contribution is 0.567. The number of benzene rings is 1. The minimum atomic E-state index is 0.321. The summed E-state index contributed by atoms with van der Waals surface area (Å²) >= 11 is 3.58. The van der Waals surface area contributed by atoms with Crippen LogP contribution < -0.4 is 5.32 Å². The number of rotatable bonds is 6. The van der Waals surface area contributed by atoms with E-state index in [9.17, 15) is 0 Å². The summed E-state index contributed by atoms with van der Waals surface area (Å²) in [6, 6.07) is 8.93. The van der Waals surface area contributed by atoms with Crippen LogP contribution in [-0.4, -0.2) is 16.3 Å². The lowest BCUT2D eigenvalue weighted by Gasteiger charge is -2.18. The van der Waals surface area contributed by atoms with Crippen LogP contribution in [0.4, 0.5) is 0 Å². The van der Waals surface area contributed by atoms with Crippen LogP contribution in [-0.2, 0) is 0 Å². The number of nitrogens with one attached hydrogen (secondary N) is 1. The molecule has 0 bridgehead atoms. The van der Waals surface area contributed by atoms with Crippen molar-refractivity contribution in [3.63, 3.8) is 0 Å². The maximum Gasteiger partial charge on any atom is 0.0704 e. The van der Waals surface area contributed by atoms with Crippen LogP contribution in [0, 0.1) is 0 Å². The summed E-state index contributed by atoms with van der Waals surface area (Å²) in [5.74, 6) is 0.692. The molecule has 2 aromatic rings. The molecule has 1 unspecified atom stereocenters. The molecule has 112 valence electrons. The highest BCUT2D eigenvalue weighted by atomic mass is 79.9. The van der Waals surface area contributed by atoms with Crippen LogP contribution in [0.5, 0.6) is 0 Å². The second kappa shape index (κ2) is 6.32. The van der Waals surface area contributed by atoms with Gasteiger partial charge in [0, 0.05) is 22.6 Å². The fourth-order valence-corrected chi connectivity index (χ4v) is 2.97. The minimum absolute atomic E-state index is 0.321. The summed E-state index contributed by atoms with van der Waals surface area (Å²) in [7, 11) is 0. The summed E-state index contributed by atoms with van der Waals surface area (Å²) in [6.07, 6.45) is 5.81. The molecule has 1 heterocycles. The van der Waals surface area contributed by atoms with Gasteiger partial charge in [-0.15, -0.1) is 0 Å². The van der Waals surface area contributed by atoms with Gasteiger partial charge in [-0.05, 0) is 56.5 Å². The van der Waals surface area contributed by atoms with E-state index in [1.807, 2.05) is 4.68 Å². The molecule has 21 heavy (non-hydrogen) atoms. The highest BCUT2D eigenvalue weighted by Crippen LogP contribution is 2.39. The number of nitrogens with zero attached hydrogens (tertiary/aromatic N) is 2. The van der Waals surface area contributed by atoms with Crippen molar-refractivity contribution in [1.82, 2.24) is 15.1 Å². The van der Waals surface area contributed by atoms with Gasteiger partial charge in [0.05, 0.1) is 11.4 Å².